The molecule has 0 aromatic heterocycles. The summed E-state index contributed by atoms with van der Waals surface area (Å²) in [6, 6.07) is 22.2. The van der Waals surface area contributed by atoms with Gasteiger partial charge in [0.25, 0.3) is 0 Å². The number of aryl methyl sites for hydroxylation is 1. The molecule has 35 heavy (non-hydrogen) atoms. The Hall–Kier alpha value is -2.82. The zero-order valence-corrected chi connectivity index (χ0v) is 21.9. The van der Waals surface area contributed by atoms with Crippen LogP contribution in [0.2, 0.25) is 10.0 Å². The molecule has 0 unspecified atom stereocenters. The van der Waals surface area contributed by atoms with E-state index >= 15 is 0 Å². The monoisotopic (exact) mass is 510 g/mol. The number of nitrogens with zero attached hydrogens (tertiary/aromatic N) is 1. The molecule has 0 saturated carbocycles. The first-order chi connectivity index (χ1) is 16.8. The van der Waals surface area contributed by atoms with Crippen LogP contribution in [0.4, 0.5) is 0 Å². The standard InChI is InChI=1S/C29H32Cl2N2O2/c1-4-21(3)32-29(35)27(16-22-8-6-5-7-9-22)33(19-23-12-10-20(2)11-13-23)28(34)17-24-14-15-25(30)18-26(24)31/h5-15,18,21,27H,4,16-17,19H2,1-3H3,(H,32,35)/t21-,27-/m0/s1. The first kappa shape index (κ1) is 26.8. The van der Waals surface area contributed by atoms with E-state index in [9.17, 15) is 9.59 Å². The third-order valence-corrected chi connectivity index (χ3v) is 6.69. The van der Waals surface area contributed by atoms with Crippen LogP contribution in [0.1, 0.15) is 42.5 Å². The molecule has 0 fully saturated rings. The predicted molar refractivity (Wildman–Crippen MR) is 144 cm³/mol. The number of hydrogen-bond acceptors (Lipinski definition) is 2. The van der Waals surface area contributed by atoms with Crippen molar-refractivity contribution < 1.29 is 9.59 Å². The maximum absolute atomic E-state index is 13.8. The highest BCUT2D eigenvalue weighted by Crippen LogP contribution is 2.23. The molecule has 0 aliphatic heterocycles. The molecule has 3 aromatic carbocycles. The summed E-state index contributed by atoms with van der Waals surface area (Å²) in [4.78, 5) is 29.0. The summed E-state index contributed by atoms with van der Waals surface area (Å²) in [7, 11) is 0. The van der Waals surface area contributed by atoms with Gasteiger partial charge in [-0.05, 0) is 49.1 Å². The number of halogens is 2. The smallest absolute Gasteiger partial charge is 0.243 e. The fraction of sp³-hybridized carbons (Fsp3) is 0.310. The highest BCUT2D eigenvalue weighted by molar-refractivity contribution is 6.35. The molecule has 0 radical (unpaired) electrons. The number of nitrogens with one attached hydrogen (secondary N) is 1. The number of rotatable bonds is 10. The quantitative estimate of drug-likeness (QED) is 0.343. The van der Waals surface area contributed by atoms with Crippen molar-refractivity contribution in [2.75, 3.05) is 0 Å². The van der Waals surface area contributed by atoms with Gasteiger partial charge in [-0.1, -0.05) is 96.4 Å². The Morgan fingerprint density at radius 2 is 1.63 bits per heavy atom. The summed E-state index contributed by atoms with van der Waals surface area (Å²) >= 11 is 12.4. The van der Waals surface area contributed by atoms with Gasteiger partial charge < -0.3 is 10.2 Å². The second kappa shape index (κ2) is 12.8. The molecule has 0 saturated heterocycles. The largest absolute Gasteiger partial charge is 0.352 e. The Morgan fingerprint density at radius 1 is 0.943 bits per heavy atom. The minimum atomic E-state index is -0.675. The zero-order valence-electron chi connectivity index (χ0n) is 20.4. The molecule has 2 atom stereocenters. The van der Waals surface area contributed by atoms with Gasteiger partial charge >= 0.3 is 0 Å². The summed E-state index contributed by atoms with van der Waals surface area (Å²) in [5.74, 6) is -0.333. The Kier molecular flexibility index (Phi) is 9.76. The fourth-order valence-electron chi connectivity index (χ4n) is 3.81. The van der Waals surface area contributed by atoms with Gasteiger partial charge in [0.1, 0.15) is 6.04 Å². The topological polar surface area (TPSA) is 49.4 Å². The van der Waals surface area contributed by atoms with E-state index in [1.54, 1.807) is 23.1 Å². The van der Waals surface area contributed by atoms with E-state index in [2.05, 4.69) is 5.32 Å². The second-order valence-electron chi connectivity index (χ2n) is 8.94. The van der Waals surface area contributed by atoms with Crippen molar-refractivity contribution in [3.63, 3.8) is 0 Å². The van der Waals surface area contributed by atoms with E-state index in [-0.39, 0.29) is 24.3 Å². The van der Waals surface area contributed by atoms with Gasteiger partial charge in [-0.3, -0.25) is 9.59 Å². The number of amides is 2. The van der Waals surface area contributed by atoms with E-state index < -0.39 is 6.04 Å². The molecule has 0 aliphatic carbocycles. The van der Waals surface area contributed by atoms with E-state index in [0.29, 0.717) is 28.6 Å². The highest BCUT2D eigenvalue weighted by Gasteiger charge is 2.31. The molecule has 6 heteroatoms. The van der Waals surface area contributed by atoms with Crippen LogP contribution in [0, 0.1) is 6.92 Å². The van der Waals surface area contributed by atoms with Gasteiger partial charge in [-0.25, -0.2) is 0 Å². The molecule has 0 bridgehead atoms. The van der Waals surface area contributed by atoms with Crippen LogP contribution in [-0.4, -0.2) is 28.8 Å². The lowest BCUT2D eigenvalue weighted by atomic mass is 10.0. The summed E-state index contributed by atoms with van der Waals surface area (Å²) in [5.41, 5.74) is 3.76. The molecular weight excluding hydrogens is 479 g/mol. The molecule has 0 heterocycles. The lowest BCUT2D eigenvalue weighted by Crippen LogP contribution is -2.52. The van der Waals surface area contributed by atoms with Crippen molar-refractivity contribution in [1.29, 1.82) is 0 Å². The molecule has 0 aliphatic rings. The van der Waals surface area contributed by atoms with Gasteiger partial charge in [0, 0.05) is 29.1 Å². The highest BCUT2D eigenvalue weighted by atomic mass is 35.5. The number of benzene rings is 3. The Bertz CT molecular complexity index is 1130. The lowest BCUT2D eigenvalue weighted by Gasteiger charge is -2.32. The SMILES string of the molecule is CC[C@H](C)NC(=O)[C@H](Cc1ccccc1)N(Cc1ccc(C)cc1)C(=O)Cc1ccc(Cl)cc1Cl. The van der Waals surface area contributed by atoms with Gasteiger partial charge in [-0.2, -0.15) is 0 Å². The Balaban J connectivity index is 1.98. The first-order valence-electron chi connectivity index (χ1n) is 11.9. The van der Waals surface area contributed by atoms with Crippen LogP contribution in [0.25, 0.3) is 0 Å². The van der Waals surface area contributed by atoms with Crippen LogP contribution < -0.4 is 5.32 Å². The minimum Gasteiger partial charge on any atom is -0.352 e. The van der Waals surface area contributed by atoms with Crippen LogP contribution >= 0.6 is 23.2 Å². The zero-order chi connectivity index (χ0) is 25.4. The third-order valence-electron chi connectivity index (χ3n) is 6.10. The third kappa shape index (κ3) is 7.84. The lowest BCUT2D eigenvalue weighted by molar-refractivity contribution is -0.141. The summed E-state index contributed by atoms with van der Waals surface area (Å²) in [6.45, 7) is 6.33. The Morgan fingerprint density at radius 3 is 2.26 bits per heavy atom. The minimum absolute atomic E-state index is 0.00260. The number of hydrogen-bond donors (Lipinski definition) is 1. The summed E-state index contributed by atoms with van der Waals surface area (Å²) in [5, 5.41) is 4.03. The van der Waals surface area contributed by atoms with Crippen LogP contribution in [-0.2, 0) is 29.0 Å². The fourth-order valence-corrected chi connectivity index (χ4v) is 4.29. The molecular formula is C29H32Cl2N2O2. The van der Waals surface area contributed by atoms with E-state index in [1.807, 2.05) is 75.4 Å². The summed E-state index contributed by atoms with van der Waals surface area (Å²) in [6.07, 6.45) is 1.29. The van der Waals surface area contributed by atoms with Gasteiger partial charge in [0.2, 0.25) is 11.8 Å². The normalized spacial score (nSPS) is 12.6. The van der Waals surface area contributed by atoms with Crippen molar-refractivity contribution in [1.82, 2.24) is 10.2 Å². The van der Waals surface area contributed by atoms with E-state index in [4.69, 9.17) is 23.2 Å². The Labute approximate surface area is 218 Å². The van der Waals surface area contributed by atoms with Crippen molar-refractivity contribution in [3.8, 4) is 0 Å². The van der Waals surface area contributed by atoms with E-state index in [1.165, 1.54) is 0 Å². The first-order valence-corrected chi connectivity index (χ1v) is 12.7. The average molecular weight is 511 g/mol. The van der Waals surface area contributed by atoms with Gasteiger partial charge in [0.05, 0.1) is 6.42 Å². The van der Waals surface area contributed by atoms with Gasteiger partial charge in [0.15, 0.2) is 0 Å². The maximum Gasteiger partial charge on any atom is 0.243 e. The maximum atomic E-state index is 13.8. The molecule has 3 aromatic rings. The number of carbonyl (C=O) groups is 2. The molecule has 1 N–H and O–H groups in total. The number of carbonyl (C=O) groups excluding carboxylic acids is 2. The van der Waals surface area contributed by atoms with Crippen molar-refractivity contribution in [2.45, 2.75) is 58.7 Å². The molecule has 3 rings (SSSR count). The average Bonchev–Trinajstić information content (AvgIpc) is 2.84. The molecule has 184 valence electrons. The second-order valence-corrected chi connectivity index (χ2v) is 9.79. The van der Waals surface area contributed by atoms with E-state index in [0.717, 1.165) is 23.1 Å². The van der Waals surface area contributed by atoms with Crippen molar-refractivity contribution in [3.05, 3.63) is 105 Å². The van der Waals surface area contributed by atoms with Crippen molar-refractivity contribution >= 4 is 35.0 Å². The molecule has 0 spiro atoms. The predicted octanol–water partition coefficient (Wildman–Crippen LogP) is 6.40. The molecule has 2 amide bonds. The van der Waals surface area contributed by atoms with Crippen LogP contribution in [0.3, 0.4) is 0 Å². The van der Waals surface area contributed by atoms with Crippen molar-refractivity contribution in [2.24, 2.45) is 0 Å². The van der Waals surface area contributed by atoms with Crippen LogP contribution in [0.15, 0.2) is 72.8 Å². The summed E-state index contributed by atoms with van der Waals surface area (Å²) < 4.78 is 0. The molecule has 4 nitrogen and oxygen atoms in total. The van der Waals surface area contributed by atoms with Gasteiger partial charge in [-0.15, -0.1) is 0 Å². The van der Waals surface area contributed by atoms with Crippen LogP contribution in [0.5, 0.6) is 0 Å².